The van der Waals surface area contributed by atoms with Crippen LogP contribution in [0.2, 0.25) is 5.04 Å². The monoisotopic (exact) mass is 332 g/mol. The molecule has 0 saturated carbocycles. The highest BCUT2D eigenvalue weighted by Gasteiger charge is 2.49. The second kappa shape index (κ2) is 6.78. The van der Waals surface area contributed by atoms with Crippen molar-refractivity contribution in [3.05, 3.63) is 60.7 Å². The predicted molar refractivity (Wildman–Crippen MR) is 94.3 cm³/mol. The fourth-order valence-electron chi connectivity index (χ4n) is 2.90. The summed E-state index contributed by atoms with van der Waals surface area (Å²) in [5.41, 5.74) is 0. The Morgan fingerprint density at radius 3 is 1.77 bits per heavy atom. The van der Waals surface area contributed by atoms with Crippen LogP contribution < -0.4 is 10.4 Å². The summed E-state index contributed by atoms with van der Waals surface area (Å²) in [5.74, 6) is 0. The van der Waals surface area contributed by atoms with Crippen LogP contribution in [-0.2, 0) is 4.79 Å². The zero-order valence-corrected chi connectivity index (χ0v) is 14.7. The van der Waals surface area contributed by atoms with Crippen molar-refractivity contribution in [2.24, 2.45) is 0 Å². The molecule has 0 heterocycles. The summed E-state index contributed by atoms with van der Waals surface area (Å²) in [6, 6.07) is 19.6. The van der Waals surface area contributed by atoms with Crippen molar-refractivity contribution in [1.82, 2.24) is 0 Å². The number of hydrogen-bond donors (Lipinski definition) is 1. The summed E-state index contributed by atoms with van der Waals surface area (Å²) in [6.07, 6.45) is 0.825. The minimum Gasteiger partial charge on any atom is -0.424 e. The third-order valence-corrected chi connectivity index (χ3v) is 9.04. The Kier molecular flexibility index (Phi) is 5.22. The van der Waals surface area contributed by atoms with E-state index in [-0.39, 0.29) is 11.7 Å². The first kappa shape index (κ1) is 16.9. The quantitative estimate of drug-likeness (QED) is 0.652. The molecule has 2 aromatic rings. The Morgan fingerprint density at radius 2 is 1.41 bits per heavy atom. The first-order valence-electron chi connectivity index (χ1n) is 7.40. The molecule has 0 atom stereocenters. The Morgan fingerprint density at radius 1 is 1.00 bits per heavy atom. The highest BCUT2D eigenvalue weighted by Crippen LogP contribution is 2.39. The topological polar surface area (TPSA) is 37.3 Å². The van der Waals surface area contributed by atoms with Crippen LogP contribution in [0.4, 0.5) is 0 Å². The SMILES string of the molecule is CC(C)(CCC(=O)Cl)[Si](O)(c1ccccc1)c1ccccc1. The fourth-order valence-corrected chi connectivity index (χ4v) is 6.73. The lowest BCUT2D eigenvalue weighted by molar-refractivity contribution is -0.111. The Bertz CT molecular complexity index is 587. The molecule has 0 fully saturated rings. The minimum atomic E-state index is -3.01. The first-order chi connectivity index (χ1) is 10.4. The highest BCUT2D eigenvalue weighted by atomic mass is 35.5. The zero-order valence-electron chi connectivity index (χ0n) is 12.9. The Labute approximate surface area is 137 Å². The number of halogens is 1. The van der Waals surface area contributed by atoms with E-state index >= 15 is 0 Å². The van der Waals surface area contributed by atoms with Gasteiger partial charge in [0, 0.05) is 6.42 Å². The van der Waals surface area contributed by atoms with E-state index in [0.717, 1.165) is 10.4 Å². The molecule has 2 nitrogen and oxygen atoms in total. The highest BCUT2D eigenvalue weighted by molar-refractivity contribution is 6.98. The van der Waals surface area contributed by atoms with Gasteiger partial charge in [-0.3, -0.25) is 4.79 Å². The minimum absolute atomic E-state index is 0.267. The molecule has 2 aromatic carbocycles. The van der Waals surface area contributed by atoms with Crippen LogP contribution in [0.3, 0.4) is 0 Å². The summed E-state index contributed by atoms with van der Waals surface area (Å²) in [4.78, 5) is 23.0. The molecular weight excluding hydrogens is 312 g/mol. The van der Waals surface area contributed by atoms with E-state index in [1.165, 1.54) is 0 Å². The largest absolute Gasteiger partial charge is 0.424 e. The Hall–Kier alpha value is -1.42. The van der Waals surface area contributed by atoms with Gasteiger partial charge in [0.15, 0.2) is 0 Å². The number of hydrogen-bond acceptors (Lipinski definition) is 2. The molecule has 4 heteroatoms. The molecule has 0 aliphatic rings. The molecule has 0 amide bonds. The maximum absolute atomic E-state index is 11.8. The molecule has 116 valence electrons. The van der Waals surface area contributed by atoms with Gasteiger partial charge in [0.2, 0.25) is 5.24 Å². The number of rotatable bonds is 6. The summed E-state index contributed by atoms with van der Waals surface area (Å²) in [7, 11) is -3.01. The van der Waals surface area contributed by atoms with E-state index in [2.05, 4.69) is 0 Å². The maximum atomic E-state index is 11.8. The van der Waals surface area contributed by atoms with Gasteiger partial charge in [-0.2, -0.15) is 0 Å². The second-order valence-corrected chi connectivity index (χ2v) is 10.5. The number of benzene rings is 2. The normalized spacial score (nSPS) is 12.2. The average Bonchev–Trinajstić information content (AvgIpc) is 2.54. The van der Waals surface area contributed by atoms with E-state index in [4.69, 9.17) is 11.6 Å². The van der Waals surface area contributed by atoms with Crippen molar-refractivity contribution >= 4 is 35.5 Å². The van der Waals surface area contributed by atoms with Crippen molar-refractivity contribution in [2.45, 2.75) is 31.7 Å². The second-order valence-electron chi connectivity index (χ2n) is 6.18. The van der Waals surface area contributed by atoms with Crippen molar-refractivity contribution < 1.29 is 9.59 Å². The maximum Gasteiger partial charge on any atom is 0.258 e. The van der Waals surface area contributed by atoms with Crippen LogP contribution in [-0.4, -0.2) is 18.4 Å². The molecule has 0 saturated heterocycles. The first-order valence-corrected chi connectivity index (χ1v) is 9.72. The Balaban J connectivity index is 2.53. The third-order valence-electron chi connectivity index (χ3n) is 4.31. The summed E-state index contributed by atoms with van der Waals surface area (Å²) in [6.45, 7) is 4.05. The van der Waals surface area contributed by atoms with E-state index in [0.29, 0.717) is 6.42 Å². The van der Waals surface area contributed by atoms with Gasteiger partial charge in [0.05, 0.1) is 0 Å². The van der Waals surface area contributed by atoms with Gasteiger partial charge in [-0.1, -0.05) is 74.5 Å². The molecule has 0 aliphatic heterocycles. The number of carbonyl (C=O) groups excluding carboxylic acids is 1. The van der Waals surface area contributed by atoms with Crippen LogP contribution in [0.15, 0.2) is 60.7 Å². The molecule has 22 heavy (non-hydrogen) atoms. The van der Waals surface area contributed by atoms with E-state index in [1.54, 1.807) is 0 Å². The van der Waals surface area contributed by atoms with Crippen LogP contribution in [0.25, 0.3) is 0 Å². The van der Waals surface area contributed by atoms with Gasteiger partial charge in [0.1, 0.15) is 0 Å². The molecular formula is C18H21ClO2Si. The van der Waals surface area contributed by atoms with Crippen molar-refractivity contribution in [3.63, 3.8) is 0 Å². The molecule has 1 N–H and O–H groups in total. The van der Waals surface area contributed by atoms with Gasteiger partial charge >= 0.3 is 0 Å². The third kappa shape index (κ3) is 3.32. The zero-order chi connectivity index (χ0) is 16.2. The van der Waals surface area contributed by atoms with Crippen LogP contribution in [0.5, 0.6) is 0 Å². The molecule has 0 bridgehead atoms. The standard InChI is InChI=1S/C18H21ClO2Si/c1-18(2,14-13-17(19)20)22(21,15-9-5-3-6-10-15)16-11-7-4-8-12-16/h3-12,21H,13-14H2,1-2H3. The smallest absolute Gasteiger partial charge is 0.258 e. The predicted octanol–water partition coefficient (Wildman–Crippen LogP) is 3.06. The van der Waals surface area contributed by atoms with Crippen molar-refractivity contribution in [2.75, 3.05) is 0 Å². The van der Waals surface area contributed by atoms with E-state index in [1.807, 2.05) is 74.5 Å². The molecule has 0 radical (unpaired) electrons. The van der Waals surface area contributed by atoms with Crippen molar-refractivity contribution in [3.8, 4) is 0 Å². The lowest BCUT2D eigenvalue weighted by atomic mass is 10.1. The van der Waals surface area contributed by atoms with Gasteiger partial charge in [-0.05, 0) is 33.4 Å². The van der Waals surface area contributed by atoms with Crippen LogP contribution >= 0.6 is 11.6 Å². The molecule has 0 unspecified atom stereocenters. The lowest BCUT2D eigenvalue weighted by Crippen LogP contribution is -2.65. The van der Waals surface area contributed by atoms with Gasteiger partial charge in [0.25, 0.3) is 8.32 Å². The van der Waals surface area contributed by atoms with Gasteiger partial charge in [-0.25, -0.2) is 0 Å². The average molecular weight is 333 g/mol. The van der Waals surface area contributed by atoms with Gasteiger partial charge in [-0.15, -0.1) is 0 Å². The van der Waals surface area contributed by atoms with E-state index in [9.17, 15) is 9.59 Å². The van der Waals surface area contributed by atoms with Crippen molar-refractivity contribution in [1.29, 1.82) is 0 Å². The molecule has 0 aromatic heterocycles. The number of carbonyl (C=O) groups is 1. The summed E-state index contributed by atoms with van der Waals surface area (Å²) < 4.78 is 0. The molecule has 0 spiro atoms. The fraction of sp³-hybridized carbons (Fsp3) is 0.278. The van der Waals surface area contributed by atoms with E-state index < -0.39 is 13.4 Å². The van der Waals surface area contributed by atoms with Crippen LogP contribution in [0, 0.1) is 0 Å². The lowest BCUT2D eigenvalue weighted by Gasteiger charge is -2.41. The molecule has 0 aliphatic carbocycles. The van der Waals surface area contributed by atoms with Crippen LogP contribution in [0.1, 0.15) is 26.7 Å². The van der Waals surface area contributed by atoms with Gasteiger partial charge < -0.3 is 4.80 Å². The molecule has 2 rings (SSSR count). The summed E-state index contributed by atoms with van der Waals surface area (Å²) in [5, 5.41) is 1.13. The summed E-state index contributed by atoms with van der Waals surface area (Å²) >= 11 is 5.52.